The summed E-state index contributed by atoms with van der Waals surface area (Å²) < 4.78 is 9.91. The van der Waals surface area contributed by atoms with Gasteiger partial charge in [0.15, 0.2) is 12.4 Å². The number of rotatable bonds is 8. The molecule has 0 bridgehead atoms. The van der Waals surface area contributed by atoms with Crippen LogP contribution in [0.15, 0.2) is 48.5 Å². The quantitative estimate of drug-likeness (QED) is 0.530. The molecule has 0 unspecified atom stereocenters. The van der Waals surface area contributed by atoms with Gasteiger partial charge in [0.1, 0.15) is 12.3 Å². The maximum absolute atomic E-state index is 12.1. The molecule has 0 aliphatic rings. The van der Waals surface area contributed by atoms with E-state index < -0.39 is 30.9 Å². The van der Waals surface area contributed by atoms with Crippen molar-refractivity contribution in [3.8, 4) is 5.75 Å². The minimum Gasteiger partial charge on any atom is -0.496 e. The molecule has 2 aromatic carbocycles. The van der Waals surface area contributed by atoms with Crippen LogP contribution in [0.25, 0.3) is 0 Å². The Hall–Kier alpha value is -3.68. The zero-order valence-corrected chi connectivity index (χ0v) is 15.5. The van der Waals surface area contributed by atoms with Crippen LogP contribution in [0.5, 0.6) is 5.75 Å². The van der Waals surface area contributed by atoms with Gasteiger partial charge in [0.05, 0.1) is 12.7 Å². The zero-order chi connectivity index (χ0) is 20.5. The number of ketones is 1. The average Bonchev–Trinajstić information content (AvgIpc) is 2.70. The first-order chi connectivity index (χ1) is 13.4. The van der Waals surface area contributed by atoms with E-state index in [0.29, 0.717) is 17.0 Å². The van der Waals surface area contributed by atoms with E-state index in [9.17, 15) is 19.2 Å². The van der Waals surface area contributed by atoms with Crippen molar-refractivity contribution in [2.45, 2.75) is 6.92 Å². The van der Waals surface area contributed by atoms with Crippen molar-refractivity contribution < 1.29 is 28.7 Å². The molecule has 0 atom stereocenters. The van der Waals surface area contributed by atoms with E-state index in [-0.39, 0.29) is 11.3 Å². The summed E-state index contributed by atoms with van der Waals surface area (Å²) in [7, 11) is 1.44. The molecule has 0 aliphatic carbocycles. The van der Waals surface area contributed by atoms with Crippen molar-refractivity contribution in [1.82, 2.24) is 5.32 Å². The molecule has 2 aromatic rings. The molecule has 0 saturated carbocycles. The summed E-state index contributed by atoms with van der Waals surface area (Å²) in [6.45, 7) is 0.551. The van der Waals surface area contributed by atoms with Crippen molar-refractivity contribution in [3.63, 3.8) is 0 Å². The maximum Gasteiger partial charge on any atom is 0.325 e. The summed E-state index contributed by atoms with van der Waals surface area (Å²) in [4.78, 5) is 46.8. The topological polar surface area (TPSA) is 111 Å². The largest absolute Gasteiger partial charge is 0.496 e. The van der Waals surface area contributed by atoms with E-state index in [2.05, 4.69) is 10.6 Å². The molecule has 0 radical (unpaired) electrons. The van der Waals surface area contributed by atoms with Crippen LogP contribution in [-0.2, 0) is 14.3 Å². The lowest BCUT2D eigenvalue weighted by Gasteiger charge is -2.09. The summed E-state index contributed by atoms with van der Waals surface area (Å²) in [5.41, 5.74) is 1.27. The van der Waals surface area contributed by atoms with Crippen LogP contribution in [-0.4, -0.2) is 43.8 Å². The highest BCUT2D eigenvalue weighted by Crippen LogP contribution is 2.16. The number of benzene rings is 2. The Kier molecular flexibility index (Phi) is 7.27. The maximum atomic E-state index is 12.1. The van der Waals surface area contributed by atoms with Gasteiger partial charge in [-0.3, -0.25) is 19.2 Å². The van der Waals surface area contributed by atoms with E-state index in [1.165, 1.54) is 14.0 Å². The molecule has 28 heavy (non-hydrogen) atoms. The SMILES string of the molecule is COc1ccccc1C(=O)NCC(=O)OCC(=O)Nc1ccc(C(C)=O)cc1. The molecule has 146 valence electrons. The van der Waals surface area contributed by atoms with Crippen LogP contribution < -0.4 is 15.4 Å². The monoisotopic (exact) mass is 384 g/mol. The number of para-hydroxylation sites is 1. The first-order valence-electron chi connectivity index (χ1n) is 8.38. The summed E-state index contributed by atoms with van der Waals surface area (Å²) >= 11 is 0. The number of esters is 1. The van der Waals surface area contributed by atoms with Crippen molar-refractivity contribution >= 4 is 29.3 Å². The van der Waals surface area contributed by atoms with E-state index in [4.69, 9.17) is 9.47 Å². The van der Waals surface area contributed by atoms with Gasteiger partial charge in [-0.25, -0.2) is 0 Å². The Morgan fingerprint density at radius 2 is 1.64 bits per heavy atom. The summed E-state index contributed by atoms with van der Waals surface area (Å²) in [6.07, 6.45) is 0. The van der Waals surface area contributed by atoms with Gasteiger partial charge in [-0.1, -0.05) is 12.1 Å². The van der Waals surface area contributed by atoms with Gasteiger partial charge in [-0.2, -0.15) is 0 Å². The molecule has 0 saturated heterocycles. The van der Waals surface area contributed by atoms with E-state index in [1.807, 2.05) is 0 Å². The Labute approximate surface area is 161 Å². The number of hydrogen-bond acceptors (Lipinski definition) is 6. The summed E-state index contributed by atoms with van der Waals surface area (Å²) in [5, 5.41) is 4.94. The fourth-order valence-corrected chi connectivity index (χ4v) is 2.26. The minimum atomic E-state index is -0.759. The van der Waals surface area contributed by atoms with Gasteiger partial charge in [-0.15, -0.1) is 0 Å². The third-order valence-corrected chi connectivity index (χ3v) is 3.68. The van der Waals surface area contributed by atoms with Crippen LogP contribution in [0.2, 0.25) is 0 Å². The molecule has 0 aliphatic heterocycles. The summed E-state index contributed by atoms with van der Waals surface area (Å²) in [5.74, 6) is -1.50. The van der Waals surface area contributed by atoms with Crippen LogP contribution in [0.1, 0.15) is 27.6 Å². The predicted molar refractivity (Wildman–Crippen MR) is 101 cm³/mol. The van der Waals surface area contributed by atoms with Crippen LogP contribution in [0.4, 0.5) is 5.69 Å². The second-order valence-electron chi connectivity index (χ2n) is 5.73. The second-order valence-corrected chi connectivity index (χ2v) is 5.73. The first kappa shape index (κ1) is 20.6. The van der Waals surface area contributed by atoms with Gasteiger partial charge in [0, 0.05) is 11.3 Å². The lowest BCUT2D eigenvalue weighted by Crippen LogP contribution is -2.32. The molecule has 0 aromatic heterocycles. The molecule has 0 heterocycles. The molecular weight excluding hydrogens is 364 g/mol. The predicted octanol–water partition coefficient (Wildman–Crippen LogP) is 1.81. The standard InChI is InChI=1S/C20H20N2O6/c1-13(23)14-7-9-15(10-8-14)22-18(24)12-28-19(25)11-21-20(26)16-5-3-4-6-17(16)27-2/h3-10H,11-12H2,1-2H3,(H,21,26)(H,22,24). The van der Waals surface area contributed by atoms with Gasteiger partial charge in [0.2, 0.25) is 0 Å². The van der Waals surface area contributed by atoms with Crippen molar-refractivity contribution in [3.05, 3.63) is 59.7 Å². The Balaban J connectivity index is 1.76. The van der Waals surface area contributed by atoms with Crippen molar-refractivity contribution in [1.29, 1.82) is 0 Å². The Bertz CT molecular complexity index is 877. The summed E-state index contributed by atoms with van der Waals surface area (Å²) in [6, 6.07) is 12.9. The lowest BCUT2D eigenvalue weighted by molar-refractivity contribution is -0.146. The third kappa shape index (κ3) is 5.94. The fourth-order valence-electron chi connectivity index (χ4n) is 2.26. The molecule has 8 nitrogen and oxygen atoms in total. The van der Waals surface area contributed by atoms with Gasteiger partial charge >= 0.3 is 5.97 Å². The Morgan fingerprint density at radius 3 is 2.29 bits per heavy atom. The van der Waals surface area contributed by atoms with Crippen molar-refractivity contribution in [2.75, 3.05) is 25.6 Å². The molecule has 8 heteroatoms. The van der Waals surface area contributed by atoms with Gasteiger partial charge < -0.3 is 20.1 Å². The average molecular weight is 384 g/mol. The van der Waals surface area contributed by atoms with E-state index in [1.54, 1.807) is 48.5 Å². The smallest absolute Gasteiger partial charge is 0.325 e. The number of anilines is 1. The Morgan fingerprint density at radius 1 is 0.964 bits per heavy atom. The van der Waals surface area contributed by atoms with E-state index >= 15 is 0 Å². The lowest BCUT2D eigenvalue weighted by atomic mass is 10.1. The van der Waals surface area contributed by atoms with Crippen LogP contribution in [0.3, 0.4) is 0 Å². The fraction of sp³-hybridized carbons (Fsp3) is 0.200. The van der Waals surface area contributed by atoms with E-state index in [0.717, 1.165) is 0 Å². The number of ether oxygens (including phenoxy) is 2. The second kappa shape index (κ2) is 9.86. The number of methoxy groups -OCH3 is 1. The number of hydrogen-bond donors (Lipinski definition) is 2. The number of carbonyl (C=O) groups excluding carboxylic acids is 4. The highest BCUT2D eigenvalue weighted by molar-refractivity contribution is 5.99. The van der Waals surface area contributed by atoms with Crippen molar-refractivity contribution in [2.24, 2.45) is 0 Å². The molecular formula is C20H20N2O6. The number of amides is 2. The highest BCUT2D eigenvalue weighted by atomic mass is 16.5. The minimum absolute atomic E-state index is 0.0815. The number of carbonyl (C=O) groups is 4. The molecule has 0 fully saturated rings. The van der Waals surface area contributed by atoms with Gasteiger partial charge in [0.25, 0.3) is 11.8 Å². The molecule has 0 spiro atoms. The van der Waals surface area contributed by atoms with Crippen LogP contribution in [0, 0.1) is 0 Å². The zero-order valence-electron chi connectivity index (χ0n) is 15.5. The molecule has 2 rings (SSSR count). The number of Topliss-reactive ketones (excluding diaryl/α,β-unsaturated/α-hetero) is 1. The molecule has 2 N–H and O–H groups in total. The third-order valence-electron chi connectivity index (χ3n) is 3.68. The normalized spacial score (nSPS) is 9.93. The number of nitrogens with one attached hydrogen (secondary N) is 2. The van der Waals surface area contributed by atoms with Gasteiger partial charge in [-0.05, 0) is 43.3 Å². The first-order valence-corrected chi connectivity index (χ1v) is 8.38. The molecule has 2 amide bonds. The van der Waals surface area contributed by atoms with Crippen LogP contribution >= 0.6 is 0 Å². The highest BCUT2D eigenvalue weighted by Gasteiger charge is 2.14.